The molecule has 0 amide bonds. The van der Waals surface area contributed by atoms with Crippen molar-refractivity contribution in [3.63, 3.8) is 0 Å². The maximum absolute atomic E-state index is 4.59. The van der Waals surface area contributed by atoms with Crippen molar-refractivity contribution in [2.24, 2.45) is 0 Å². The highest BCUT2D eigenvalue weighted by molar-refractivity contribution is 7.09. The molecule has 2 aromatic heterocycles. The van der Waals surface area contributed by atoms with Crippen molar-refractivity contribution in [2.75, 3.05) is 17.3 Å². The molecular formula is C13H16N4S. The van der Waals surface area contributed by atoms with E-state index in [-0.39, 0.29) is 0 Å². The van der Waals surface area contributed by atoms with Gasteiger partial charge < -0.3 is 10.2 Å². The number of aromatic nitrogens is 2. The van der Waals surface area contributed by atoms with E-state index >= 15 is 0 Å². The van der Waals surface area contributed by atoms with Crippen LogP contribution in [0.15, 0.2) is 29.9 Å². The summed E-state index contributed by atoms with van der Waals surface area (Å²) in [6.45, 7) is 0.935. The van der Waals surface area contributed by atoms with E-state index in [1.807, 2.05) is 13.2 Å². The Balaban J connectivity index is 1.84. The van der Waals surface area contributed by atoms with Crippen LogP contribution < -0.4 is 10.2 Å². The first kappa shape index (κ1) is 11.5. The van der Waals surface area contributed by atoms with Gasteiger partial charge in [-0.15, -0.1) is 11.3 Å². The number of anilines is 2. The third kappa shape index (κ3) is 2.46. The van der Waals surface area contributed by atoms with Gasteiger partial charge in [0.25, 0.3) is 0 Å². The zero-order valence-electron chi connectivity index (χ0n) is 10.3. The number of hydrogen-bond acceptors (Lipinski definition) is 5. The van der Waals surface area contributed by atoms with E-state index in [0.717, 1.165) is 18.2 Å². The number of rotatable bonds is 5. The maximum atomic E-state index is 4.59. The highest BCUT2D eigenvalue weighted by atomic mass is 32.1. The first-order chi connectivity index (χ1) is 8.86. The van der Waals surface area contributed by atoms with Crippen LogP contribution in [0.2, 0.25) is 0 Å². The first-order valence-corrected chi connectivity index (χ1v) is 7.03. The summed E-state index contributed by atoms with van der Waals surface area (Å²) in [5.74, 6) is 1.79. The Kier molecular flexibility index (Phi) is 3.15. The molecule has 0 aliphatic heterocycles. The SMILES string of the molecule is CNc1cncc(N(Cc2cccs2)C2CC2)n1. The van der Waals surface area contributed by atoms with Crippen LogP contribution in [0, 0.1) is 0 Å². The molecule has 1 fully saturated rings. The fourth-order valence-corrected chi connectivity index (χ4v) is 2.67. The molecule has 1 aliphatic rings. The van der Waals surface area contributed by atoms with Crippen LogP contribution in [0.4, 0.5) is 11.6 Å². The van der Waals surface area contributed by atoms with Gasteiger partial charge in [0.05, 0.1) is 18.9 Å². The highest BCUT2D eigenvalue weighted by Crippen LogP contribution is 2.32. The fraction of sp³-hybridized carbons (Fsp3) is 0.385. The third-order valence-electron chi connectivity index (χ3n) is 3.07. The second-order valence-electron chi connectivity index (χ2n) is 4.45. The molecule has 0 saturated heterocycles. The lowest BCUT2D eigenvalue weighted by atomic mass is 10.4. The van der Waals surface area contributed by atoms with E-state index < -0.39 is 0 Å². The summed E-state index contributed by atoms with van der Waals surface area (Å²) in [7, 11) is 1.87. The number of nitrogens with one attached hydrogen (secondary N) is 1. The molecule has 0 unspecified atom stereocenters. The van der Waals surface area contributed by atoms with Gasteiger partial charge in [0, 0.05) is 18.0 Å². The van der Waals surface area contributed by atoms with Gasteiger partial charge in [0.2, 0.25) is 0 Å². The fourth-order valence-electron chi connectivity index (χ4n) is 1.97. The van der Waals surface area contributed by atoms with Crippen molar-refractivity contribution in [1.82, 2.24) is 9.97 Å². The van der Waals surface area contributed by atoms with Crippen LogP contribution in [-0.2, 0) is 6.54 Å². The van der Waals surface area contributed by atoms with Crippen molar-refractivity contribution >= 4 is 23.0 Å². The number of thiophene rings is 1. The quantitative estimate of drug-likeness (QED) is 0.897. The van der Waals surface area contributed by atoms with E-state index in [1.165, 1.54) is 17.7 Å². The lowest BCUT2D eigenvalue weighted by Gasteiger charge is -2.22. The van der Waals surface area contributed by atoms with Gasteiger partial charge in [0.1, 0.15) is 11.6 Å². The summed E-state index contributed by atoms with van der Waals surface area (Å²) in [6.07, 6.45) is 6.13. The molecule has 0 aromatic carbocycles. The normalized spacial score (nSPS) is 14.5. The zero-order valence-corrected chi connectivity index (χ0v) is 11.2. The van der Waals surface area contributed by atoms with Crippen LogP contribution in [0.25, 0.3) is 0 Å². The Labute approximate surface area is 111 Å². The van der Waals surface area contributed by atoms with Crippen LogP contribution in [0.5, 0.6) is 0 Å². The van der Waals surface area contributed by atoms with E-state index in [2.05, 4.69) is 37.7 Å². The van der Waals surface area contributed by atoms with E-state index in [4.69, 9.17) is 0 Å². The van der Waals surface area contributed by atoms with Gasteiger partial charge in [-0.05, 0) is 24.3 Å². The summed E-state index contributed by atoms with van der Waals surface area (Å²) >= 11 is 1.80. The molecule has 2 heterocycles. The monoisotopic (exact) mass is 260 g/mol. The molecule has 5 heteroatoms. The molecule has 4 nitrogen and oxygen atoms in total. The van der Waals surface area contributed by atoms with Crippen molar-refractivity contribution in [1.29, 1.82) is 0 Å². The summed E-state index contributed by atoms with van der Waals surface area (Å²) < 4.78 is 0. The molecule has 2 aromatic rings. The second kappa shape index (κ2) is 4.94. The van der Waals surface area contributed by atoms with E-state index in [1.54, 1.807) is 17.5 Å². The van der Waals surface area contributed by atoms with Gasteiger partial charge in [-0.3, -0.25) is 4.98 Å². The van der Waals surface area contributed by atoms with Crippen molar-refractivity contribution in [2.45, 2.75) is 25.4 Å². The van der Waals surface area contributed by atoms with Crippen LogP contribution in [0.1, 0.15) is 17.7 Å². The maximum Gasteiger partial charge on any atom is 0.150 e. The van der Waals surface area contributed by atoms with Gasteiger partial charge in [0.15, 0.2) is 0 Å². The lowest BCUT2D eigenvalue weighted by molar-refractivity contribution is 0.783. The second-order valence-corrected chi connectivity index (χ2v) is 5.48. The third-order valence-corrected chi connectivity index (χ3v) is 3.93. The summed E-state index contributed by atoms with van der Waals surface area (Å²) in [6, 6.07) is 4.91. The Bertz CT molecular complexity index is 507. The molecule has 1 saturated carbocycles. The van der Waals surface area contributed by atoms with Gasteiger partial charge in [-0.1, -0.05) is 6.07 Å². The molecule has 3 rings (SSSR count). The average Bonchev–Trinajstić information content (AvgIpc) is 3.13. The highest BCUT2D eigenvalue weighted by Gasteiger charge is 2.30. The Hall–Kier alpha value is -1.62. The number of nitrogens with zero attached hydrogens (tertiary/aromatic N) is 3. The largest absolute Gasteiger partial charge is 0.372 e. The Morgan fingerprint density at radius 3 is 3.00 bits per heavy atom. The molecule has 18 heavy (non-hydrogen) atoms. The van der Waals surface area contributed by atoms with Gasteiger partial charge in [-0.25, -0.2) is 4.98 Å². The summed E-state index contributed by atoms with van der Waals surface area (Å²) in [5, 5.41) is 5.16. The number of hydrogen-bond donors (Lipinski definition) is 1. The van der Waals surface area contributed by atoms with Gasteiger partial charge in [-0.2, -0.15) is 0 Å². The first-order valence-electron chi connectivity index (χ1n) is 6.15. The van der Waals surface area contributed by atoms with Crippen molar-refractivity contribution < 1.29 is 0 Å². The van der Waals surface area contributed by atoms with Crippen molar-refractivity contribution in [3.05, 3.63) is 34.8 Å². The lowest BCUT2D eigenvalue weighted by Crippen LogP contribution is -2.25. The molecule has 0 atom stereocenters. The zero-order chi connectivity index (χ0) is 12.4. The standard InChI is InChI=1S/C13H16N4S/c1-14-12-7-15-8-13(16-12)17(10-4-5-10)9-11-3-2-6-18-11/h2-3,6-8,10H,4-5,9H2,1H3,(H,14,16). The predicted octanol–water partition coefficient (Wildman–Crippen LogP) is 2.75. The topological polar surface area (TPSA) is 41.1 Å². The predicted molar refractivity (Wildman–Crippen MR) is 75.1 cm³/mol. The van der Waals surface area contributed by atoms with Crippen molar-refractivity contribution in [3.8, 4) is 0 Å². The summed E-state index contributed by atoms with van der Waals surface area (Å²) in [4.78, 5) is 12.6. The molecule has 0 bridgehead atoms. The Morgan fingerprint density at radius 1 is 1.44 bits per heavy atom. The summed E-state index contributed by atoms with van der Waals surface area (Å²) in [5.41, 5.74) is 0. The molecule has 1 aliphatic carbocycles. The van der Waals surface area contributed by atoms with Crippen LogP contribution >= 0.6 is 11.3 Å². The molecule has 94 valence electrons. The van der Waals surface area contributed by atoms with Crippen LogP contribution in [-0.4, -0.2) is 23.1 Å². The smallest absolute Gasteiger partial charge is 0.150 e. The van der Waals surface area contributed by atoms with E-state index in [9.17, 15) is 0 Å². The minimum Gasteiger partial charge on any atom is -0.372 e. The molecule has 0 radical (unpaired) electrons. The molecule has 0 spiro atoms. The average molecular weight is 260 g/mol. The minimum absolute atomic E-state index is 0.633. The Morgan fingerprint density at radius 2 is 2.33 bits per heavy atom. The van der Waals surface area contributed by atoms with Crippen LogP contribution in [0.3, 0.4) is 0 Å². The molecule has 1 N–H and O–H groups in total. The van der Waals surface area contributed by atoms with E-state index in [0.29, 0.717) is 6.04 Å². The van der Waals surface area contributed by atoms with Gasteiger partial charge >= 0.3 is 0 Å². The molecular weight excluding hydrogens is 244 g/mol. The minimum atomic E-state index is 0.633.